The zero-order chi connectivity index (χ0) is 12.3. The van der Waals surface area contributed by atoms with Gasteiger partial charge < -0.3 is 10.6 Å². The molecular weight excluding hydrogens is 214 g/mol. The maximum atomic E-state index is 12.2. The van der Waals surface area contributed by atoms with Crippen LogP contribution in [0, 0.1) is 0 Å². The molecule has 1 amide bonds. The van der Waals surface area contributed by atoms with Crippen molar-refractivity contribution in [3.63, 3.8) is 0 Å². The number of hydrogen-bond donors (Lipinski definition) is 1. The topological polar surface area (TPSA) is 49.6 Å². The molecule has 0 bridgehead atoms. The second kappa shape index (κ2) is 5.83. The van der Waals surface area contributed by atoms with Crippen molar-refractivity contribution < 1.29 is 4.79 Å². The average molecular weight is 239 g/mol. The summed E-state index contributed by atoms with van der Waals surface area (Å²) in [4.78, 5) is 16.5. The van der Waals surface area contributed by atoms with E-state index in [1.54, 1.807) is 0 Å². The first-order valence-corrected chi connectivity index (χ1v) is 6.94. The van der Waals surface area contributed by atoms with Gasteiger partial charge in [0.15, 0.2) is 0 Å². The van der Waals surface area contributed by atoms with Gasteiger partial charge in [0.1, 0.15) is 0 Å². The van der Waals surface area contributed by atoms with Crippen LogP contribution >= 0.6 is 0 Å². The van der Waals surface area contributed by atoms with Crippen LogP contribution in [0.3, 0.4) is 0 Å². The highest BCUT2D eigenvalue weighted by atomic mass is 16.2. The van der Waals surface area contributed by atoms with Crippen LogP contribution in [0.4, 0.5) is 0 Å². The van der Waals surface area contributed by atoms with Crippen LogP contribution in [0.25, 0.3) is 0 Å². The molecule has 2 atom stereocenters. The standard InChI is InChI=1S/C13H25N3O/c1-11-5-2-3-8-16(11)13(17)10-15-7-4-6-12(14)9-15/h11-12H,2-10,14H2,1H3/t11-,12-/m0/s1. The number of carbonyl (C=O) groups is 1. The fourth-order valence-electron chi connectivity index (χ4n) is 2.99. The zero-order valence-electron chi connectivity index (χ0n) is 10.9. The average Bonchev–Trinajstić information content (AvgIpc) is 2.29. The van der Waals surface area contributed by atoms with Crippen molar-refractivity contribution >= 4 is 5.91 Å². The number of rotatable bonds is 2. The lowest BCUT2D eigenvalue weighted by Gasteiger charge is -2.36. The van der Waals surface area contributed by atoms with Gasteiger partial charge in [0, 0.05) is 25.2 Å². The molecule has 2 saturated heterocycles. The normalized spacial score (nSPS) is 31.5. The van der Waals surface area contributed by atoms with Gasteiger partial charge in [-0.05, 0) is 45.6 Å². The van der Waals surface area contributed by atoms with E-state index >= 15 is 0 Å². The van der Waals surface area contributed by atoms with Crippen LogP contribution in [0.5, 0.6) is 0 Å². The van der Waals surface area contributed by atoms with Crippen LogP contribution in [0.2, 0.25) is 0 Å². The molecule has 2 aliphatic rings. The number of nitrogens with two attached hydrogens (primary N) is 1. The number of carbonyl (C=O) groups excluding carboxylic acids is 1. The molecule has 2 fully saturated rings. The molecule has 2 N–H and O–H groups in total. The van der Waals surface area contributed by atoms with E-state index in [1.165, 1.54) is 6.42 Å². The highest BCUT2D eigenvalue weighted by Crippen LogP contribution is 2.17. The molecule has 0 aromatic carbocycles. The van der Waals surface area contributed by atoms with Crippen molar-refractivity contribution in [2.45, 2.75) is 51.1 Å². The molecule has 2 aliphatic heterocycles. The Bertz CT molecular complexity index is 269. The molecular formula is C13H25N3O. The first-order valence-electron chi connectivity index (χ1n) is 6.94. The highest BCUT2D eigenvalue weighted by molar-refractivity contribution is 5.78. The number of likely N-dealkylation sites (tertiary alicyclic amines) is 2. The van der Waals surface area contributed by atoms with Gasteiger partial charge in [-0.25, -0.2) is 0 Å². The van der Waals surface area contributed by atoms with E-state index in [4.69, 9.17) is 5.73 Å². The minimum Gasteiger partial charge on any atom is -0.339 e. The van der Waals surface area contributed by atoms with E-state index in [-0.39, 0.29) is 6.04 Å². The van der Waals surface area contributed by atoms with Gasteiger partial charge in [0.05, 0.1) is 6.54 Å². The molecule has 4 nitrogen and oxygen atoms in total. The van der Waals surface area contributed by atoms with Crippen LogP contribution in [-0.2, 0) is 4.79 Å². The molecule has 0 radical (unpaired) electrons. The predicted molar refractivity (Wildman–Crippen MR) is 68.7 cm³/mol. The van der Waals surface area contributed by atoms with E-state index < -0.39 is 0 Å². The third-order valence-electron chi connectivity index (χ3n) is 4.02. The lowest BCUT2D eigenvalue weighted by atomic mass is 10.0. The Hall–Kier alpha value is -0.610. The van der Waals surface area contributed by atoms with Crippen molar-refractivity contribution in [2.75, 3.05) is 26.2 Å². The van der Waals surface area contributed by atoms with E-state index in [0.717, 1.165) is 45.3 Å². The van der Waals surface area contributed by atoms with Crippen LogP contribution in [-0.4, -0.2) is 54.0 Å². The lowest BCUT2D eigenvalue weighted by Crippen LogP contribution is -2.50. The summed E-state index contributed by atoms with van der Waals surface area (Å²) in [7, 11) is 0. The Morgan fingerprint density at radius 3 is 2.76 bits per heavy atom. The molecule has 17 heavy (non-hydrogen) atoms. The highest BCUT2D eigenvalue weighted by Gasteiger charge is 2.26. The van der Waals surface area contributed by atoms with E-state index in [1.807, 2.05) is 0 Å². The molecule has 0 unspecified atom stereocenters. The molecule has 2 rings (SSSR count). The summed E-state index contributed by atoms with van der Waals surface area (Å²) in [6.07, 6.45) is 5.81. The van der Waals surface area contributed by atoms with Gasteiger partial charge >= 0.3 is 0 Å². The summed E-state index contributed by atoms with van der Waals surface area (Å²) in [6.45, 7) is 5.59. The number of piperidine rings is 2. The first kappa shape index (κ1) is 12.8. The SMILES string of the molecule is C[C@H]1CCCCN1C(=O)CN1CCC[C@H](N)C1. The van der Waals surface area contributed by atoms with Crippen LogP contribution < -0.4 is 5.73 Å². The summed E-state index contributed by atoms with van der Waals surface area (Å²) < 4.78 is 0. The summed E-state index contributed by atoms with van der Waals surface area (Å²) in [5.41, 5.74) is 5.94. The number of amides is 1. The molecule has 0 aromatic heterocycles. The lowest BCUT2D eigenvalue weighted by molar-refractivity contribution is -0.135. The summed E-state index contributed by atoms with van der Waals surface area (Å²) in [6, 6.07) is 0.685. The van der Waals surface area contributed by atoms with E-state index in [0.29, 0.717) is 18.5 Å². The third-order valence-corrected chi connectivity index (χ3v) is 4.02. The summed E-state index contributed by atoms with van der Waals surface area (Å²) in [5, 5.41) is 0. The smallest absolute Gasteiger partial charge is 0.236 e. The van der Waals surface area contributed by atoms with Gasteiger partial charge in [-0.15, -0.1) is 0 Å². The minimum atomic E-state index is 0.260. The molecule has 0 spiro atoms. The number of nitrogens with zero attached hydrogens (tertiary/aromatic N) is 2. The summed E-state index contributed by atoms with van der Waals surface area (Å²) >= 11 is 0. The Morgan fingerprint density at radius 1 is 1.24 bits per heavy atom. The van der Waals surface area contributed by atoms with Gasteiger partial charge in [0.25, 0.3) is 0 Å². The molecule has 0 aliphatic carbocycles. The third kappa shape index (κ3) is 3.42. The Balaban J connectivity index is 1.83. The Kier molecular flexibility index (Phi) is 4.40. The Morgan fingerprint density at radius 2 is 2.06 bits per heavy atom. The van der Waals surface area contributed by atoms with Crippen LogP contribution in [0.1, 0.15) is 39.0 Å². The second-order valence-corrected chi connectivity index (χ2v) is 5.57. The molecule has 2 heterocycles. The number of hydrogen-bond acceptors (Lipinski definition) is 3. The maximum Gasteiger partial charge on any atom is 0.236 e. The van der Waals surface area contributed by atoms with E-state index in [9.17, 15) is 4.79 Å². The first-order chi connectivity index (χ1) is 8.16. The quantitative estimate of drug-likeness (QED) is 0.776. The van der Waals surface area contributed by atoms with Crippen LogP contribution in [0.15, 0.2) is 0 Å². The molecule has 4 heteroatoms. The minimum absolute atomic E-state index is 0.260. The zero-order valence-corrected chi connectivity index (χ0v) is 10.9. The predicted octanol–water partition coefficient (Wildman–Crippen LogP) is 0.811. The maximum absolute atomic E-state index is 12.2. The van der Waals surface area contributed by atoms with Gasteiger partial charge in [0.2, 0.25) is 5.91 Å². The molecule has 98 valence electrons. The fraction of sp³-hybridized carbons (Fsp3) is 0.923. The second-order valence-electron chi connectivity index (χ2n) is 5.57. The monoisotopic (exact) mass is 239 g/mol. The van der Waals surface area contributed by atoms with Crippen molar-refractivity contribution in [2.24, 2.45) is 5.73 Å². The summed E-state index contributed by atoms with van der Waals surface area (Å²) in [5.74, 6) is 0.298. The van der Waals surface area contributed by atoms with Crippen molar-refractivity contribution in [1.29, 1.82) is 0 Å². The molecule has 0 aromatic rings. The van der Waals surface area contributed by atoms with Gasteiger partial charge in [-0.2, -0.15) is 0 Å². The van der Waals surface area contributed by atoms with E-state index in [2.05, 4.69) is 16.7 Å². The van der Waals surface area contributed by atoms with Crippen molar-refractivity contribution in [1.82, 2.24) is 9.80 Å². The Labute approximate surface area is 104 Å². The molecule has 0 saturated carbocycles. The van der Waals surface area contributed by atoms with Crippen molar-refractivity contribution in [3.05, 3.63) is 0 Å². The van der Waals surface area contributed by atoms with Gasteiger partial charge in [-0.1, -0.05) is 0 Å². The fourth-order valence-corrected chi connectivity index (χ4v) is 2.99. The van der Waals surface area contributed by atoms with Crippen molar-refractivity contribution in [3.8, 4) is 0 Å². The largest absolute Gasteiger partial charge is 0.339 e. The van der Waals surface area contributed by atoms with Gasteiger partial charge in [-0.3, -0.25) is 9.69 Å².